The van der Waals surface area contributed by atoms with Crippen LogP contribution in [-0.2, 0) is 6.61 Å². The SMILES string of the molecule is CCOc1cc([C@H](C[N+](=O)[O-])Sc2nnc(C)n2-c2ccc(F)cc2)ccc1OCc1ccc2ccccc2c1. The fourth-order valence-corrected chi connectivity index (χ4v) is 5.55. The molecule has 8 nitrogen and oxygen atoms in total. The summed E-state index contributed by atoms with van der Waals surface area (Å²) in [7, 11) is 0. The van der Waals surface area contributed by atoms with Gasteiger partial charge in [0.05, 0.1) is 6.61 Å². The monoisotopic (exact) mass is 558 g/mol. The van der Waals surface area contributed by atoms with E-state index >= 15 is 0 Å². The Labute approximate surface area is 234 Å². The third-order valence-corrected chi connectivity index (χ3v) is 7.47. The summed E-state index contributed by atoms with van der Waals surface area (Å²) in [6, 6.07) is 25.6. The van der Waals surface area contributed by atoms with Gasteiger partial charge in [0.15, 0.2) is 16.7 Å². The van der Waals surface area contributed by atoms with Gasteiger partial charge in [-0.3, -0.25) is 14.7 Å². The van der Waals surface area contributed by atoms with E-state index in [1.807, 2.05) is 31.2 Å². The number of rotatable bonds is 11. The second-order valence-corrected chi connectivity index (χ2v) is 10.2. The van der Waals surface area contributed by atoms with Crippen molar-refractivity contribution < 1.29 is 18.8 Å². The van der Waals surface area contributed by atoms with Gasteiger partial charge in [-0.2, -0.15) is 0 Å². The molecule has 1 atom stereocenters. The van der Waals surface area contributed by atoms with Crippen LogP contribution in [0.5, 0.6) is 11.5 Å². The highest BCUT2D eigenvalue weighted by Crippen LogP contribution is 2.40. The van der Waals surface area contributed by atoms with Crippen LogP contribution >= 0.6 is 11.8 Å². The molecule has 5 rings (SSSR count). The number of fused-ring (bicyclic) bond motifs is 1. The molecular weight excluding hydrogens is 531 g/mol. The zero-order valence-corrected chi connectivity index (χ0v) is 22.8. The van der Waals surface area contributed by atoms with Gasteiger partial charge in [-0.15, -0.1) is 10.2 Å². The number of nitrogens with zero attached hydrogens (tertiary/aromatic N) is 4. The molecule has 0 aliphatic rings. The number of benzene rings is 4. The van der Waals surface area contributed by atoms with Gasteiger partial charge in [-0.1, -0.05) is 54.2 Å². The Morgan fingerprint density at radius 2 is 1.73 bits per heavy atom. The zero-order chi connectivity index (χ0) is 28.1. The van der Waals surface area contributed by atoms with Gasteiger partial charge in [-0.05, 0) is 78.2 Å². The molecule has 40 heavy (non-hydrogen) atoms. The molecule has 0 bridgehead atoms. The molecule has 0 saturated carbocycles. The molecule has 0 aliphatic heterocycles. The van der Waals surface area contributed by atoms with Crippen LogP contribution < -0.4 is 9.47 Å². The topological polar surface area (TPSA) is 92.3 Å². The van der Waals surface area contributed by atoms with E-state index in [1.54, 1.807) is 35.8 Å². The van der Waals surface area contributed by atoms with E-state index in [-0.39, 0.29) is 17.3 Å². The average Bonchev–Trinajstić information content (AvgIpc) is 3.31. The molecule has 1 heterocycles. The molecule has 10 heteroatoms. The maximum absolute atomic E-state index is 13.5. The third-order valence-electron chi connectivity index (χ3n) is 6.29. The number of aromatic nitrogens is 3. The van der Waals surface area contributed by atoms with Crippen molar-refractivity contribution in [1.29, 1.82) is 0 Å². The van der Waals surface area contributed by atoms with Gasteiger partial charge in [0.1, 0.15) is 23.5 Å². The van der Waals surface area contributed by atoms with E-state index in [0.29, 0.717) is 46.9 Å². The predicted octanol–water partition coefficient (Wildman–Crippen LogP) is 6.96. The number of ether oxygens (including phenoxy) is 2. The van der Waals surface area contributed by atoms with Crippen LogP contribution in [0.1, 0.15) is 29.1 Å². The van der Waals surface area contributed by atoms with Gasteiger partial charge in [-0.25, -0.2) is 4.39 Å². The summed E-state index contributed by atoms with van der Waals surface area (Å²) in [5.41, 5.74) is 2.37. The minimum atomic E-state index is -0.591. The van der Waals surface area contributed by atoms with Gasteiger partial charge in [0.25, 0.3) is 0 Å². The van der Waals surface area contributed by atoms with E-state index in [0.717, 1.165) is 16.3 Å². The van der Waals surface area contributed by atoms with Crippen molar-refractivity contribution >= 4 is 22.5 Å². The predicted molar refractivity (Wildman–Crippen MR) is 152 cm³/mol. The lowest BCUT2D eigenvalue weighted by molar-refractivity contribution is -0.479. The lowest BCUT2D eigenvalue weighted by Gasteiger charge is -2.17. The summed E-state index contributed by atoms with van der Waals surface area (Å²) in [6.07, 6.45) is 0. The third kappa shape index (κ3) is 6.23. The van der Waals surface area contributed by atoms with Crippen molar-refractivity contribution in [3.05, 3.63) is 118 Å². The Morgan fingerprint density at radius 1 is 0.950 bits per heavy atom. The van der Waals surface area contributed by atoms with E-state index in [4.69, 9.17) is 9.47 Å². The maximum atomic E-state index is 13.5. The van der Waals surface area contributed by atoms with Crippen LogP contribution in [-0.4, -0.2) is 32.8 Å². The first kappa shape index (κ1) is 27.1. The Morgan fingerprint density at radius 3 is 2.48 bits per heavy atom. The summed E-state index contributed by atoms with van der Waals surface area (Å²) in [5, 5.41) is 22.2. The zero-order valence-electron chi connectivity index (χ0n) is 22.0. The van der Waals surface area contributed by atoms with Crippen molar-refractivity contribution in [2.24, 2.45) is 0 Å². The summed E-state index contributed by atoms with van der Waals surface area (Å²) < 4.78 is 27.3. The van der Waals surface area contributed by atoms with Gasteiger partial charge in [0, 0.05) is 10.6 Å². The summed E-state index contributed by atoms with van der Waals surface area (Å²) in [4.78, 5) is 11.3. The number of aryl methyl sites for hydroxylation is 1. The van der Waals surface area contributed by atoms with E-state index in [1.165, 1.54) is 23.9 Å². The van der Waals surface area contributed by atoms with Crippen LogP contribution in [0.2, 0.25) is 0 Å². The highest BCUT2D eigenvalue weighted by atomic mass is 32.2. The van der Waals surface area contributed by atoms with Gasteiger partial charge in [0.2, 0.25) is 6.54 Å². The van der Waals surface area contributed by atoms with Crippen LogP contribution in [0.25, 0.3) is 16.5 Å². The van der Waals surface area contributed by atoms with Crippen LogP contribution in [0, 0.1) is 22.9 Å². The first-order valence-electron chi connectivity index (χ1n) is 12.7. The van der Waals surface area contributed by atoms with Crippen molar-refractivity contribution in [2.45, 2.75) is 30.9 Å². The molecule has 0 amide bonds. The standard InChI is InChI=1S/C30H27FN4O4S/c1-3-38-28-17-24(10-15-27(28)39-19-21-8-9-22-6-4-5-7-23(22)16-21)29(18-34(36)37)40-30-33-32-20(2)35(30)26-13-11-25(31)12-14-26/h4-17,29H,3,18-19H2,1-2H3/t29-/m0/s1. The van der Waals surface area contributed by atoms with Crippen molar-refractivity contribution in [1.82, 2.24) is 14.8 Å². The fourth-order valence-electron chi connectivity index (χ4n) is 4.38. The molecule has 0 radical (unpaired) electrons. The molecular formula is C30H27FN4O4S. The molecule has 5 aromatic rings. The van der Waals surface area contributed by atoms with Crippen LogP contribution in [0.4, 0.5) is 4.39 Å². The summed E-state index contributed by atoms with van der Waals surface area (Å²) in [5.74, 6) is 1.28. The van der Waals surface area contributed by atoms with Crippen LogP contribution in [0.3, 0.4) is 0 Å². The minimum absolute atomic E-state index is 0.344. The Kier molecular flexibility index (Phi) is 8.26. The number of hydrogen-bond acceptors (Lipinski definition) is 7. The Bertz CT molecular complexity index is 1640. The molecule has 0 spiro atoms. The summed E-state index contributed by atoms with van der Waals surface area (Å²) >= 11 is 1.22. The molecule has 4 aromatic carbocycles. The van der Waals surface area contributed by atoms with Gasteiger partial charge >= 0.3 is 0 Å². The molecule has 0 N–H and O–H groups in total. The normalized spacial score (nSPS) is 11.9. The first-order chi connectivity index (χ1) is 19.4. The summed E-state index contributed by atoms with van der Waals surface area (Å²) in [6.45, 7) is 4.05. The highest BCUT2D eigenvalue weighted by Gasteiger charge is 2.25. The first-order valence-corrected chi connectivity index (χ1v) is 13.6. The maximum Gasteiger partial charge on any atom is 0.220 e. The largest absolute Gasteiger partial charge is 0.490 e. The van der Waals surface area contributed by atoms with E-state index < -0.39 is 5.25 Å². The lowest BCUT2D eigenvalue weighted by atomic mass is 10.1. The minimum Gasteiger partial charge on any atom is -0.490 e. The molecule has 0 fully saturated rings. The number of hydrogen-bond donors (Lipinski definition) is 0. The molecule has 0 unspecified atom stereocenters. The second kappa shape index (κ2) is 12.2. The number of nitro groups is 1. The molecule has 0 aliphatic carbocycles. The van der Waals surface area contributed by atoms with Crippen molar-refractivity contribution in [3.8, 4) is 17.2 Å². The lowest BCUT2D eigenvalue weighted by Crippen LogP contribution is -2.11. The van der Waals surface area contributed by atoms with Crippen molar-refractivity contribution in [3.63, 3.8) is 0 Å². The van der Waals surface area contributed by atoms with Gasteiger partial charge < -0.3 is 9.47 Å². The quantitative estimate of drug-likeness (QED) is 0.0983. The number of thioether (sulfide) groups is 1. The molecule has 0 saturated heterocycles. The molecule has 1 aromatic heterocycles. The number of halogens is 1. The van der Waals surface area contributed by atoms with E-state index in [9.17, 15) is 14.5 Å². The second-order valence-electron chi connectivity index (χ2n) is 9.07. The fraction of sp³-hybridized carbons (Fsp3) is 0.200. The smallest absolute Gasteiger partial charge is 0.220 e. The van der Waals surface area contributed by atoms with Crippen LogP contribution in [0.15, 0.2) is 90.1 Å². The van der Waals surface area contributed by atoms with E-state index in [2.05, 4.69) is 34.5 Å². The average molecular weight is 559 g/mol. The Balaban J connectivity index is 1.41. The molecule has 204 valence electrons. The Hall–Kier alpha value is -4.44. The van der Waals surface area contributed by atoms with Crippen molar-refractivity contribution in [2.75, 3.05) is 13.2 Å². The highest BCUT2D eigenvalue weighted by molar-refractivity contribution is 7.99.